The molecular formula is C19H20ClNO. The standard InChI is InChI=1S/C19H20ClNO/c1-14-7-8-17(20)13-18(14)21-11-9-16(10-12-21)19(22)15-5-3-2-4-6-15/h2-8,13,16H,9-12H2,1H3. The van der Waals surface area contributed by atoms with Crippen LogP contribution in [0.5, 0.6) is 0 Å². The van der Waals surface area contributed by atoms with Gasteiger partial charge in [0.25, 0.3) is 0 Å². The highest BCUT2D eigenvalue weighted by atomic mass is 35.5. The number of carbonyl (C=O) groups excluding carboxylic acids is 1. The van der Waals surface area contributed by atoms with Gasteiger partial charge in [-0.15, -0.1) is 0 Å². The molecule has 0 spiro atoms. The number of nitrogens with zero attached hydrogens (tertiary/aromatic N) is 1. The summed E-state index contributed by atoms with van der Waals surface area (Å²) in [6, 6.07) is 15.6. The molecule has 2 aromatic rings. The second kappa shape index (κ2) is 6.53. The molecule has 1 fully saturated rings. The number of aryl methyl sites for hydroxylation is 1. The number of halogens is 1. The fraction of sp³-hybridized carbons (Fsp3) is 0.316. The monoisotopic (exact) mass is 313 g/mol. The number of anilines is 1. The number of carbonyl (C=O) groups is 1. The van der Waals surface area contributed by atoms with Crippen molar-refractivity contribution in [3.63, 3.8) is 0 Å². The summed E-state index contributed by atoms with van der Waals surface area (Å²) in [6.07, 6.45) is 1.80. The molecule has 3 heteroatoms. The molecule has 1 heterocycles. The number of benzene rings is 2. The van der Waals surface area contributed by atoms with Crippen molar-refractivity contribution in [2.45, 2.75) is 19.8 Å². The van der Waals surface area contributed by atoms with Crippen LogP contribution in [0, 0.1) is 12.8 Å². The van der Waals surface area contributed by atoms with Gasteiger partial charge in [-0.2, -0.15) is 0 Å². The summed E-state index contributed by atoms with van der Waals surface area (Å²) >= 11 is 6.11. The summed E-state index contributed by atoms with van der Waals surface area (Å²) in [5.74, 6) is 0.418. The first-order valence-corrected chi connectivity index (χ1v) is 8.13. The minimum Gasteiger partial charge on any atom is -0.371 e. The van der Waals surface area contributed by atoms with Crippen molar-refractivity contribution in [1.29, 1.82) is 0 Å². The quantitative estimate of drug-likeness (QED) is 0.762. The van der Waals surface area contributed by atoms with Crippen LogP contribution >= 0.6 is 11.6 Å². The Bertz CT molecular complexity index is 660. The molecule has 0 bridgehead atoms. The van der Waals surface area contributed by atoms with Crippen LogP contribution in [-0.4, -0.2) is 18.9 Å². The maximum atomic E-state index is 12.5. The second-order valence-electron chi connectivity index (χ2n) is 5.92. The average Bonchev–Trinajstić information content (AvgIpc) is 2.57. The molecule has 0 atom stereocenters. The smallest absolute Gasteiger partial charge is 0.166 e. The van der Waals surface area contributed by atoms with E-state index in [1.54, 1.807) is 0 Å². The lowest BCUT2D eigenvalue weighted by atomic mass is 9.88. The van der Waals surface area contributed by atoms with Gasteiger partial charge in [0.05, 0.1) is 0 Å². The Morgan fingerprint density at radius 3 is 2.45 bits per heavy atom. The minimum absolute atomic E-state index is 0.137. The molecule has 0 aromatic heterocycles. The van der Waals surface area contributed by atoms with Crippen molar-refractivity contribution in [3.8, 4) is 0 Å². The maximum Gasteiger partial charge on any atom is 0.166 e. The Morgan fingerprint density at radius 2 is 1.77 bits per heavy atom. The first kappa shape index (κ1) is 15.1. The van der Waals surface area contributed by atoms with Gasteiger partial charge in [-0.1, -0.05) is 48.0 Å². The Labute approximate surface area is 136 Å². The molecule has 0 radical (unpaired) electrons. The Hall–Kier alpha value is -1.80. The lowest BCUT2D eigenvalue weighted by Gasteiger charge is -2.34. The maximum absolute atomic E-state index is 12.5. The summed E-state index contributed by atoms with van der Waals surface area (Å²) in [4.78, 5) is 14.9. The highest BCUT2D eigenvalue weighted by Gasteiger charge is 2.26. The lowest BCUT2D eigenvalue weighted by Crippen LogP contribution is -2.36. The molecule has 2 aromatic carbocycles. The topological polar surface area (TPSA) is 20.3 Å². The molecule has 0 N–H and O–H groups in total. The van der Waals surface area contributed by atoms with Crippen molar-refractivity contribution in [1.82, 2.24) is 0 Å². The molecule has 2 nitrogen and oxygen atoms in total. The van der Waals surface area contributed by atoms with E-state index in [0.29, 0.717) is 0 Å². The zero-order valence-electron chi connectivity index (χ0n) is 12.8. The molecule has 1 aliphatic heterocycles. The third kappa shape index (κ3) is 3.17. The molecule has 1 saturated heterocycles. The van der Waals surface area contributed by atoms with Crippen LogP contribution in [-0.2, 0) is 0 Å². The van der Waals surface area contributed by atoms with E-state index in [1.165, 1.54) is 11.3 Å². The minimum atomic E-state index is 0.137. The third-order valence-corrected chi connectivity index (χ3v) is 4.67. The van der Waals surface area contributed by atoms with Gasteiger partial charge >= 0.3 is 0 Å². The van der Waals surface area contributed by atoms with Crippen LogP contribution in [0.2, 0.25) is 5.02 Å². The van der Waals surface area contributed by atoms with Gasteiger partial charge in [0.15, 0.2) is 5.78 Å². The van der Waals surface area contributed by atoms with E-state index < -0.39 is 0 Å². The molecule has 3 rings (SSSR count). The predicted octanol–water partition coefficient (Wildman–Crippen LogP) is 4.75. The second-order valence-corrected chi connectivity index (χ2v) is 6.36. The first-order valence-electron chi connectivity index (χ1n) is 7.75. The summed E-state index contributed by atoms with van der Waals surface area (Å²) < 4.78 is 0. The Balaban J connectivity index is 1.68. The van der Waals surface area contributed by atoms with Gasteiger partial charge in [-0.05, 0) is 37.5 Å². The van der Waals surface area contributed by atoms with Crippen molar-refractivity contribution in [2.75, 3.05) is 18.0 Å². The lowest BCUT2D eigenvalue weighted by molar-refractivity contribution is 0.0900. The van der Waals surface area contributed by atoms with E-state index in [2.05, 4.69) is 17.9 Å². The zero-order valence-corrected chi connectivity index (χ0v) is 13.5. The van der Waals surface area contributed by atoms with Gasteiger partial charge in [0.2, 0.25) is 0 Å². The van der Waals surface area contributed by atoms with Gasteiger partial charge in [0, 0.05) is 35.3 Å². The largest absolute Gasteiger partial charge is 0.371 e. The van der Waals surface area contributed by atoms with Gasteiger partial charge in [-0.3, -0.25) is 4.79 Å². The molecule has 1 aliphatic rings. The number of ketones is 1. The average molecular weight is 314 g/mol. The van der Waals surface area contributed by atoms with Crippen LogP contribution in [0.15, 0.2) is 48.5 Å². The van der Waals surface area contributed by atoms with E-state index >= 15 is 0 Å². The SMILES string of the molecule is Cc1ccc(Cl)cc1N1CCC(C(=O)c2ccccc2)CC1. The van der Waals surface area contributed by atoms with E-state index in [9.17, 15) is 4.79 Å². The van der Waals surface area contributed by atoms with Crippen molar-refractivity contribution in [3.05, 3.63) is 64.7 Å². The van der Waals surface area contributed by atoms with Crippen molar-refractivity contribution < 1.29 is 4.79 Å². The number of Topliss-reactive ketones (excluding diaryl/α,β-unsaturated/α-hetero) is 1. The van der Waals surface area contributed by atoms with Gasteiger partial charge < -0.3 is 4.90 Å². The Kier molecular flexibility index (Phi) is 4.49. The van der Waals surface area contributed by atoms with Crippen LogP contribution in [0.25, 0.3) is 0 Å². The third-order valence-electron chi connectivity index (χ3n) is 4.44. The van der Waals surface area contributed by atoms with E-state index in [4.69, 9.17) is 11.6 Å². The number of rotatable bonds is 3. The summed E-state index contributed by atoms with van der Waals surface area (Å²) in [5.41, 5.74) is 3.26. The van der Waals surface area contributed by atoms with E-state index in [1.807, 2.05) is 42.5 Å². The van der Waals surface area contributed by atoms with Crippen LogP contribution < -0.4 is 4.90 Å². The number of hydrogen-bond acceptors (Lipinski definition) is 2. The fourth-order valence-corrected chi connectivity index (χ4v) is 3.31. The highest BCUT2D eigenvalue weighted by Crippen LogP contribution is 2.29. The van der Waals surface area contributed by atoms with Gasteiger partial charge in [0.1, 0.15) is 0 Å². The summed E-state index contributed by atoms with van der Waals surface area (Å²) in [7, 11) is 0. The molecular weight excluding hydrogens is 294 g/mol. The van der Waals surface area contributed by atoms with Crippen LogP contribution in [0.3, 0.4) is 0 Å². The molecule has 0 saturated carbocycles. The number of piperidine rings is 1. The molecule has 0 unspecified atom stereocenters. The molecule has 22 heavy (non-hydrogen) atoms. The predicted molar refractivity (Wildman–Crippen MR) is 91.9 cm³/mol. The highest BCUT2D eigenvalue weighted by molar-refractivity contribution is 6.30. The van der Waals surface area contributed by atoms with Crippen molar-refractivity contribution >= 4 is 23.1 Å². The van der Waals surface area contributed by atoms with Gasteiger partial charge in [-0.25, -0.2) is 0 Å². The zero-order chi connectivity index (χ0) is 15.5. The normalized spacial score (nSPS) is 15.8. The van der Waals surface area contributed by atoms with Crippen LogP contribution in [0.4, 0.5) is 5.69 Å². The molecule has 114 valence electrons. The van der Waals surface area contributed by atoms with Crippen LogP contribution in [0.1, 0.15) is 28.8 Å². The molecule has 0 amide bonds. The summed E-state index contributed by atoms with van der Waals surface area (Å²) in [5, 5.41) is 0.767. The summed E-state index contributed by atoms with van der Waals surface area (Å²) in [6.45, 7) is 3.92. The first-order chi connectivity index (χ1) is 10.6. The fourth-order valence-electron chi connectivity index (χ4n) is 3.14. The van der Waals surface area contributed by atoms with Crippen molar-refractivity contribution in [2.24, 2.45) is 5.92 Å². The molecule has 0 aliphatic carbocycles. The van der Waals surface area contributed by atoms with E-state index in [0.717, 1.165) is 36.5 Å². The van der Waals surface area contributed by atoms with E-state index in [-0.39, 0.29) is 11.7 Å². The Morgan fingerprint density at radius 1 is 1.09 bits per heavy atom. The number of hydrogen-bond donors (Lipinski definition) is 0.